The van der Waals surface area contributed by atoms with Crippen molar-refractivity contribution in [1.82, 2.24) is 9.97 Å². The van der Waals surface area contributed by atoms with Crippen molar-refractivity contribution in [3.8, 4) is 16.3 Å². The van der Waals surface area contributed by atoms with Crippen LogP contribution in [0.4, 0.5) is 10.1 Å². The third kappa shape index (κ3) is 3.63. The van der Waals surface area contributed by atoms with Crippen LogP contribution in [0.3, 0.4) is 0 Å². The maximum atomic E-state index is 12.8. The molecule has 0 unspecified atom stereocenters. The number of nitrogens with one attached hydrogen (secondary N) is 1. The minimum absolute atomic E-state index is 0.292. The van der Waals surface area contributed by atoms with Gasteiger partial charge in [0.05, 0.1) is 22.9 Å². The van der Waals surface area contributed by atoms with E-state index in [1.807, 2.05) is 30.3 Å². The SMILES string of the molecule is COc1ccc2nc(-c3ccc(NC(=O)c4ccc([18F])nc4)cc3)sc2c1. The van der Waals surface area contributed by atoms with E-state index in [1.54, 1.807) is 30.6 Å². The lowest BCUT2D eigenvalue weighted by Crippen LogP contribution is -2.12. The summed E-state index contributed by atoms with van der Waals surface area (Å²) in [5.74, 6) is -0.169. The topological polar surface area (TPSA) is 64.1 Å². The molecule has 0 saturated carbocycles. The van der Waals surface area contributed by atoms with Crippen molar-refractivity contribution < 1.29 is 13.9 Å². The summed E-state index contributed by atoms with van der Waals surface area (Å²) in [6.07, 6.45) is 1.20. The Labute approximate surface area is 158 Å². The number of methoxy groups -OCH3 is 1. The molecule has 7 heteroatoms. The normalized spacial score (nSPS) is 10.7. The van der Waals surface area contributed by atoms with Gasteiger partial charge in [-0.25, -0.2) is 9.97 Å². The van der Waals surface area contributed by atoms with Gasteiger partial charge in [0, 0.05) is 17.4 Å². The molecule has 1 N–H and O–H groups in total. The first-order valence-electron chi connectivity index (χ1n) is 8.10. The van der Waals surface area contributed by atoms with Crippen molar-refractivity contribution in [3.63, 3.8) is 0 Å². The molecule has 5 nitrogen and oxygen atoms in total. The number of nitrogens with zero attached hydrogens (tertiary/aromatic N) is 2. The number of anilines is 1. The summed E-state index contributed by atoms with van der Waals surface area (Å²) in [7, 11) is 1.64. The molecule has 2 aromatic heterocycles. The Morgan fingerprint density at radius 2 is 1.93 bits per heavy atom. The summed E-state index contributed by atoms with van der Waals surface area (Å²) in [5, 5.41) is 3.65. The van der Waals surface area contributed by atoms with Crippen LogP contribution in [-0.4, -0.2) is 23.0 Å². The highest BCUT2D eigenvalue weighted by molar-refractivity contribution is 7.21. The van der Waals surface area contributed by atoms with Crippen molar-refractivity contribution in [1.29, 1.82) is 0 Å². The molecule has 0 bridgehead atoms. The van der Waals surface area contributed by atoms with Gasteiger partial charge in [-0.15, -0.1) is 11.3 Å². The zero-order chi connectivity index (χ0) is 18.8. The van der Waals surface area contributed by atoms with Gasteiger partial charge < -0.3 is 10.1 Å². The van der Waals surface area contributed by atoms with Gasteiger partial charge in [-0.3, -0.25) is 4.79 Å². The highest BCUT2D eigenvalue weighted by Gasteiger charge is 2.09. The second kappa shape index (κ2) is 7.13. The molecule has 0 fully saturated rings. The second-order valence-corrected chi connectivity index (χ2v) is 6.78. The Kier molecular flexibility index (Phi) is 4.52. The van der Waals surface area contributed by atoms with Crippen LogP contribution in [-0.2, 0) is 0 Å². The maximum Gasteiger partial charge on any atom is 0.257 e. The van der Waals surface area contributed by atoms with Gasteiger partial charge in [0.15, 0.2) is 0 Å². The molecule has 0 spiro atoms. The summed E-state index contributed by atoms with van der Waals surface area (Å²) in [6.45, 7) is 0. The van der Waals surface area contributed by atoms with Crippen molar-refractivity contribution in [3.05, 3.63) is 72.3 Å². The van der Waals surface area contributed by atoms with Gasteiger partial charge >= 0.3 is 0 Å². The minimum Gasteiger partial charge on any atom is -0.497 e. The monoisotopic (exact) mass is 378 g/mol. The van der Waals surface area contributed by atoms with E-state index < -0.39 is 5.95 Å². The smallest absolute Gasteiger partial charge is 0.257 e. The number of thiazole rings is 1. The van der Waals surface area contributed by atoms with Crippen LogP contribution in [0.15, 0.2) is 60.8 Å². The number of carbonyl (C=O) groups excluding carboxylic acids is 1. The quantitative estimate of drug-likeness (QED) is 0.520. The number of ether oxygens (including phenoxy) is 1. The Morgan fingerprint density at radius 1 is 1.11 bits per heavy atom. The molecule has 2 aromatic carbocycles. The molecule has 4 aromatic rings. The molecule has 0 aliphatic heterocycles. The molecule has 0 aliphatic carbocycles. The van der Waals surface area contributed by atoms with E-state index in [0.717, 1.165) is 32.6 Å². The molecular formula is C20H14FN3O2S. The molecule has 0 radical (unpaired) electrons. The highest BCUT2D eigenvalue weighted by Crippen LogP contribution is 2.32. The summed E-state index contributed by atoms with van der Waals surface area (Å²) < 4.78 is 19.1. The van der Waals surface area contributed by atoms with E-state index >= 15 is 0 Å². The first-order valence-corrected chi connectivity index (χ1v) is 8.92. The van der Waals surface area contributed by atoms with Gasteiger partial charge in [-0.1, -0.05) is 0 Å². The fraction of sp³-hybridized carbons (Fsp3) is 0.0500. The minimum atomic E-state index is -0.621. The summed E-state index contributed by atoms with van der Waals surface area (Å²) >= 11 is 1.58. The average molecular weight is 378 g/mol. The van der Waals surface area contributed by atoms with E-state index in [2.05, 4.69) is 15.3 Å². The molecule has 0 saturated heterocycles. The Morgan fingerprint density at radius 3 is 2.63 bits per heavy atom. The van der Waals surface area contributed by atoms with Crippen LogP contribution in [0.25, 0.3) is 20.8 Å². The van der Waals surface area contributed by atoms with Crippen LogP contribution < -0.4 is 10.1 Å². The summed E-state index contributed by atoms with van der Waals surface area (Å²) in [5.41, 5.74) is 2.80. The van der Waals surface area contributed by atoms with Gasteiger partial charge in [0.25, 0.3) is 5.91 Å². The van der Waals surface area contributed by atoms with Crippen molar-refractivity contribution in [2.45, 2.75) is 0 Å². The number of halogens is 1. The van der Waals surface area contributed by atoms with Crippen molar-refractivity contribution in [2.24, 2.45) is 0 Å². The number of benzene rings is 2. The predicted octanol–water partition coefficient (Wildman–Crippen LogP) is 4.76. The van der Waals surface area contributed by atoms with Gasteiger partial charge in [0.2, 0.25) is 5.95 Å². The zero-order valence-corrected chi connectivity index (χ0v) is 15.1. The van der Waals surface area contributed by atoms with E-state index in [4.69, 9.17) is 4.74 Å². The number of carbonyl (C=O) groups is 1. The average Bonchev–Trinajstić information content (AvgIpc) is 3.12. The Hall–Kier alpha value is -3.32. The van der Waals surface area contributed by atoms with Crippen LogP contribution >= 0.6 is 11.3 Å². The standard InChI is InChI=1S/C20H14FN3O2S/c1-26-15-7-8-16-17(10-15)27-20(24-16)12-2-5-14(6-3-12)23-19(25)13-4-9-18(21)22-11-13/h2-11H,1H3,(H,23,25)/i21-1. The van der Waals surface area contributed by atoms with E-state index in [-0.39, 0.29) is 5.91 Å². The molecular weight excluding hydrogens is 364 g/mol. The Balaban J connectivity index is 1.53. The first kappa shape index (κ1) is 17.1. The van der Waals surface area contributed by atoms with Crippen LogP contribution in [0.5, 0.6) is 5.75 Å². The number of fused-ring (bicyclic) bond motifs is 1. The number of amides is 1. The summed E-state index contributed by atoms with van der Waals surface area (Å²) in [4.78, 5) is 20.3. The largest absolute Gasteiger partial charge is 0.497 e. The number of aromatic nitrogens is 2. The van der Waals surface area contributed by atoms with Crippen LogP contribution in [0.2, 0.25) is 0 Å². The third-order valence-electron chi connectivity index (χ3n) is 3.97. The third-order valence-corrected chi connectivity index (χ3v) is 5.04. The molecule has 0 atom stereocenters. The number of hydrogen-bond donors (Lipinski definition) is 1. The van der Waals surface area contributed by atoms with Crippen molar-refractivity contribution >= 4 is 33.1 Å². The lowest BCUT2D eigenvalue weighted by atomic mass is 10.2. The molecule has 27 heavy (non-hydrogen) atoms. The summed E-state index contributed by atoms with van der Waals surface area (Å²) in [6, 6.07) is 15.7. The zero-order valence-electron chi connectivity index (χ0n) is 14.3. The van der Waals surface area contributed by atoms with Crippen LogP contribution in [0, 0.1) is 5.95 Å². The second-order valence-electron chi connectivity index (χ2n) is 5.75. The number of rotatable bonds is 4. The molecule has 1 amide bonds. The predicted molar refractivity (Wildman–Crippen MR) is 104 cm³/mol. The van der Waals surface area contributed by atoms with E-state index in [0.29, 0.717) is 11.3 Å². The van der Waals surface area contributed by atoms with Crippen LogP contribution in [0.1, 0.15) is 10.4 Å². The van der Waals surface area contributed by atoms with E-state index in [1.165, 1.54) is 12.3 Å². The fourth-order valence-corrected chi connectivity index (χ4v) is 3.56. The molecule has 4 rings (SSSR count). The van der Waals surface area contributed by atoms with E-state index in [9.17, 15) is 9.18 Å². The highest BCUT2D eigenvalue weighted by atomic mass is 32.1. The number of pyridine rings is 1. The van der Waals surface area contributed by atoms with Gasteiger partial charge in [-0.2, -0.15) is 4.39 Å². The maximum absolute atomic E-state index is 12.8. The Bertz CT molecular complexity index is 1110. The van der Waals surface area contributed by atoms with Gasteiger partial charge in [-0.05, 0) is 54.6 Å². The lowest BCUT2D eigenvalue weighted by molar-refractivity contribution is 0.102. The number of hydrogen-bond acceptors (Lipinski definition) is 5. The fourth-order valence-electron chi connectivity index (χ4n) is 2.56. The van der Waals surface area contributed by atoms with Gasteiger partial charge in [0.1, 0.15) is 10.8 Å². The molecule has 0 aliphatic rings. The molecule has 2 heterocycles. The first-order chi connectivity index (χ1) is 13.1. The molecule has 134 valence electrons. The lowest BCUT2D eigenvalue weighted by Gasteiger charge is -2.05. The van der Waals surface area contributed by atoms with Crippen molar-refractivity contribution in [2.75, 3.05) is 12.4 Å².